The van der Waals surface area contributed by atoms with Crippen molar-refractivity contribution in [2.24, 2.45) is 5.14 Å². The zero-order chi connectivity index (χ0) is 41.1. The molecule has 0 saturated heterocycles. The zero-order valence-electron chi connectivity index (χ0n) is 30.6. The van der Waals surface area contributed by atoms with E-state index in [1.807, 2.05) is 92.7 Å². The van der Waals surface area contributed by atoms with Crippen molar-refractivity contribution in [3.8, 4) is 0 Å². The lowest BCUT2D eigenvalue weighted by Crippen LogP contribution is -2.24. The molecule has 0 atom stereocenters. The number of nitrogens with two attached hydrogens (primary N) is 1. The summed E-state index contributed by atoms with van der Waals surface area (Å²) >= 11 is 6.70. The number of benzene rings is 6. The maximum absolute atomic E-state index is 13.8. The standard InChI is InChI=1S/C21H19FIN3O3S.C21H18I2N2O2/c1-13-10-16(23)5-9-19(13)26-20-8-4-15(22)11-18(20)21(27)25-12-14-2-6-17(7-3-14)30(24,28)29;1-14-11-16(22)7-9-19(14)24-20-10-8-17(23)12-18(20)21(26)25-27-13-15-5-3-2-4-6-15/h2-11,26H,12H2,1H3,(H,25,27)(H2,24,28,29);2-12,24H,13H2,1H3,(H,25,26). The number of sulfonamides is 1. The van der Waals surface area contributed by atoms with Crippen LogP contribution in [0.5, 0.6) is 0 Å². The van der Waals surface area contributed by atoms with Gasteiger partial charge in [0.15, 0.2) is 0 Å². The Bertz CT molecular complexity index is 2490. The van der Waals surface area contributed by atoms with Crippen LogP contribution in [0, 0.1) is 30.4 Å². The normalized spacial score (nSPS) is 10.9. The van der Waals surface area contributed by atoms with Crippen LogP contribution >= 0.6 is 67.8 Å². The Morgan fingerprint density at radius 2 is 1.14 bits per heavy atom. The molecular weight excluding hydrogens is 1090 g/mol. The Balaban J connectivity index is 0.000000219. The van der Waals surface area contributed by atoms with Crippen molar-refractivity contribution >= 4 is 112 Å². The first-order chi connectivity index (χ1) is 27.2. The van der Waals surface area contributed by atoms with Crippen LogP contribution in [0.2, 0.25) is 0 Å². The van der Waals surface area contributed by atoms with Gasteiger partial charge in [0.1, 0.15) is 5.82 Å². The number of hydrogen-bond donors (Lipinski definition) is 5. The first kappa shape index (κ1) is 44.0. The molecule has 6 aromatic carbocycles. The number of rotatable bonds is 12. The molecule has 57 heavy (non-hydrogen) atoms. The molecule has 2 amide bonds. The van der Waals surface area contributed by atoms with Gasteiger partial charge in [-0.05, 0) is 189 Å². The van der Waals surface area contributed by atoms with E-state index in [1.54, 1.807) is 12.1 Å². The van der Waals surface area contributed by atoms with Gasteiger partial charge >= 0.3 is 0 Å². The van der Waals surface area contributed by atoms with Crippen LogP contribution in [-0.4, -0.2) is 20.2 Å². The molecule has 6 N–H and O–H groups in total. The summed E-state index contributed by atoms with van der Waals surface area (Å²) in [4.78, 5) is 30.7. The van der Waals surface area contributed by atoms with Crippen LogP contribution in [0.15, 0.2) is 132 Å². The summed E-state index contributed by atoms with van der Waals surface area (Å²) in [5.74, 6) is -1.27. The Morgan fingerprint density at radius 3 is 1.68 bits per heavy atom. The highest BCUT2D eigenvalue weighted by molar-refractivity contribution is 14.1. The van der Waals surface area contributed by atoms with E-state index >= 15 is 0 Å². The topological polar surface area (TPSA) is 152 Å². The second-order valence-corrected chi connectivity index (χ2v) is 17.9. The van der Waals surface area contributed by atoms with Crippen LogP contribution in [0.25, 0.3) is 0 Å². The number of hydroxylamine groups is 1. The minimum atomic E-state index is -3.78. The quantitative estimate of drug-likeness (QED) is 0.0605. The highest BCUT2D eigenvalue weighted by atomic mass is 127. The number of nitrogens with one attached hydrogen (secondary N) is 4. The molecule has 0 bridgehead atoms. The summed E-state index contributed by atoms with van der Waals surface area (Å²) in [6, 6.07) is 37.2. The lowest BCUT2D eigenvalue weighted by atomic mass is 10.1. The predicted molar refractivity (Wildman–Crippen MR) is 248 cm³/mol. The van der Waals surface area contributed by atoms with E-state index in [2.05, 4.69) is 95.3 Å². The van der Waals surface area contributed by atoms with Gasteiger partial charge in [-0.1, -0.05) is 42.5 Å². The van der Waals surface area contributed by atoms with E-state index in [1.165, 1.54) is 33.9 Å². The summed E-state index contributed by atoms with van der Waals surface area (Å²) in [5, 5.41) is 14.3. The molecule has 0 saturated carbocycles. The Morgan fingerprint density at radius 1 is 0.632 bits per heavy atom. The van der Waals surface area contributed by atoms with E-state index in [0.717, 1.165) is 40.9 Å². The smallest absolute Gasteiger partial charge is 0.276 e. The minimum absolute atomic E-state index is 0.0120. The number of aryl methyl sites for hydroxylation is 2. The van der Waals surface area contributed by atoms with Gasteiger partial charge in [-0.15, -0.1) is 0 Å². The van der Waals surface area contributed by atoms with Crippen molar-refractivity contribution in [3.63, 3.8) is 0 Å². The van der Waals surface area contributed by atoms with Crippen molar-refractivity contribution in [2.45, 2.75) is 31.9 Å². The second-order valence-electron chi connectivity index (χ2n) is 12.6. The largest absolute Gasteiger partial charge is 0.355 e. The van der Waals surface area contributed by atoms with Crippen molar-refractivity contribution in [2.75, 3.05) is 10.6 Å². The molecule has 0 radical (unpaired) electrons. The number of hydrogen-bond acceptors (Lipinski definition) is 7. The summed E-state index contributed by atoms with van der Waals surface area (Å²) < 4.78 is 39.7. The molecular formula is C42H37FI3N5O5S. The van der Waals surface area contributed by atoms with Crippen LogP contribution in [0.1, 0.15) is 43.0 Å². The summed E-state index contributed by atoms with van der Waals surface area (Å²) in [5.41, 5.74) is 10.0. The van der Waals surface area contributed by atoms with Crippen molar-refractivity contribution < 1.29 is 27.2 Å². The molecule has 0 unspecified atom stereocenters. The third-order valence-corrected chi connectivity index (χ3v) is 11.3. The van der Waals surface area contributed by atoms with E-state index < -0.39 is 21.7 Å². The lowest BCUT2D eigenvalue weighted by Gasteiger charge is -2.15. The van der Waals surface area contributed by atoms with E-state index in [9.17, 15) is 22.4 Å². The van der Waals surface area contributed by atoms with Gasteiger partial charge in [0, 0.05) is 28.6 Å². The summed E-state index contributed by atoms with van der Waals surface area (Å²) in [7, 11) is -3.78. The number of primary sulfonamides is 1. The second kappa shape index (κ2) is 20.5. The number of carbonyl (C=O) groups is 2. The van der Waals surface area contributed by atoms with Crippen LogP contribution in [0.4, 0.5) is 27.1 Å². The number of halogens is 4. The predicted octanol–water partition coefficient (Wildman–Crippen LogP) is 9.87. The number of amides is 2. The minimum Gasteiger partial charge on any atom is -0.355 e. The number of anilines is 4. The van der Waals surface area contributed by atoms with E-state index in [0.29, 0.717) is 23.4 Å². The van der Waals surface area contributed by atoms with Crippen molar-refractivity contribution in [1.82, 2.24) is 10.8 Å². The highest BCUT2D eigenvalue weighted by Crippen LogP contribution is 2.28. The monoisotopic (exact) mass is 1120 g/mol. The number of carbonyl (C=O) groups excluding carboxylic acids is 2. The summed E-state index contributed by atoms with van der Waals surface area (Å²) in [6.07, 6.45) is 0. The first-order valence-corrected chi connectivity index (χ1v) is 22.0. The van der Waals surface area contributed by atoms with Crippen molar-refractivity contribution in [3.05, 3.63) is 177 Å². The Hall–Kier alpha value is -4.15. The maximum atomic E-state index is 13.8. The van der Waals surface area contributed by atoms with Gasteiger partial charge in [0.2, 0.25) is 10.0 Å². The molecule has 0 aliphatic rings. The van der Waals surface area contributed by atoms with Gasteiger partial charge in [0.05, 0.1) is 34.0 Å². The molecule has 0 fully saturated rings. The van der Waals surface area contributed by atoms with Crippen LogP contribution < -0.4 is 26.6 Å². The molecule has 0 aliphatic carbocycles. The third kappa shape index (κ3) is 13.2. The molecule has 0 aromatic heterocycles. The van der Waals surface area contributed by atoms with E-state index in [-0.39, 0.29) is 22.9 Å². The molecule has 294 valence electrons. The molecule has 0 aliphatic heterocycles. The fourth-order valence-corrected chi connectivity index (χ4v) is 7.64. The van der Waals surface area contributed by atoms with Gasteiger partial charge in [-0.2, -0.15) is 0 Å². The van der Waals surface area contributed by atoms with E-state index in [4.69, 9.17) is 9.98 Å². The molecule has 6 aromatic rings. The van der Waals surface area contributed by atoms with Gasteiger partial charge in [0.25, 0.3) is 11.8 Å². The van der Waals surface area contributed by atoms with Crippen LogP contribution in [0.3, 0.4) is 0 Å². The highest BCUT2D eigenvalue weighted by Gasteiger charge is 2.16. The summed E-state index contributed by atoms with van der Waals surface area (Å²) in [6.45, 7) is 4.44. The molecule has 0 spiro atoms. The Labute approximate surface area is 372 Å². The average molecular weight is 1120 g/mol. The Kier molecular flexibility index (Phi) is 15.8. The fourth-order valence-electron chi connectivity index (χ4n) is 5.34. The molecule has 10 nitrogen and oxygen atoms in total. The maximum Gasteiger partial charge on any atom is 0.276 e. The zero-order valence-corrected chi connectivity index (χ0v) is 37.9. The third-order valence-electron chi connectivity index (χ3n) is 8.32. The van der Waals surface area contributed by atoms with Crippen molar-refractivity contribution in [1.29, 1.82) is 0 Å². The molecule has 15 heteroatoms. The first-order valence-electron chi connectivity index (χ1n) is 17.2. The van der Waals surface area contributed by atoms with Crippen LogP contribution in [-0.2, 0) is 28.0 Å². The lowest BCUT2D eigenvalue weighted by molar-refractivity contribution is 0.0234. The molecule has 6 rings (SSSR count). The molecule has 0 heterocycles. The fraction of sp³-hybridized carbons (Fsp3) is 0.0952. The SMILES string of the molecule is Cc1cc(I)ccc1Nc1ccc(F)cc1C(=O)NCc1ccc(S(N)(=O)=O)cc1.Cc1cc(I)ccc1Nc1ccc(I)cc1C(=O)NOCc1ccccc1. The van der Waals surface area contributed by atoms with Gasteiger partial charge in [-0.25, -0.2) is 23.4 Å². The average Bonchev–Trinajstić information content (AvgIpc) is 3.17. The van der Waals surface area contributed by atoms with Gasteiger partial charge < -0.3 is 16.0 Å². The van der Waals surface area contributed by atoms with Gasteiger partial charge in [-0.3, -0.25) is 14.4 Å².